The topological polar surface area (TPSA) is 72.4 Å². The molecule has 0 bridgehead atoms. The maximum Gasteiger partial charge on any atom is 0.418 e. The lowest BCUT2D eigenvalue weighted by Gasteiger charge is -2.28. The first-order valence-electron chi connectivity index (χ1n) is 9.92. The Morgan fingerprint density at radius 2 is 1.88 bits per heavy atom. The summed E-state index contributed by atoms with van der Waals surface area (Å²) in [5.41, 5.74) is -4.03. The van der Waals surface area contributed by atoms with Crippen LogP contribution in [0.4, 0.5) is 22.0 Å². The number of halogens is 6. The molecular formula is C23H20BrF5N4O. The van der Waals surface area contributed by atoms with Crippen LogP contribution in [-0.2, 0) is 18.3 Å². The Hall–Kier alpha value is -3.08. The van der Waals surface area contributed by atoms with Gasteiger partial charge in [0.15, 0.2) is 11.8 Å². The molecule has 1 aromatic carbocycles. The highest BCUT2D eigenvalue weighted by Gasteiger charge is 2.41. The van der Waals surface area contributed by atoms with Gasteiger partial charge in [-0.15, -0.1) is 0 Å². The van der Waals surface area contributed by atoms with Crippen LogP contribution in [0.3, 0.4) is 0 Å². The molecule has 2 atom stereocenters. The lowest BCUT2D eigenvalue weighted by Crippen LogP contribution is -2.42. The number of rotatable bonds is 6. The van der Waals surface area contributed by atoms with Crippen molar-refractivity contribution in [1.29, 1.82) is 10.8 Å². The maximum atomic E-state index is 15.4. The normalized spacial score (nSPS) is 14.5. The second-order valence-electron chi connectivity index (χ2n) is 7.93. The van der Waals surface area contributed by atoms with Crippen LogP contribution >= 0.6 is 15.9 Å². The fourth-order valence-electron chi connectivity index (χ4n) is 3.53. The summed E-state index contributed by atoms with van der Waals surface area (Å²) in [7, 11) is 1.25. The zero-order chi connectivity index (χ0) is 25.4. The molecular weight excluding hydrogens is 523 g/mol. The van der Waals surface area contributed by atoms with E-state index in [9.17, 15) is 22.4 Å². The molecule has 2 unspecified atom stereocenters. The van der Waals surface area contributed by atoms with E-state index < -0.39 is 35.0 Å². The van der Waals surface area contributed by atoms with Crippen molar-refractivity contribution in [2.75, 3.05) is 7.05 Å². The number of nitrogens with zero attached hydrogens (tertiary/aromatic N) is 2. The van der Waals surface area contributed by atoms with Crippen LogP contribution in [0.2, 0.25) is 0 Å². The third kappa shape index (κ3) is 4.89. The number of amidine groups is 1. The molecule has 0 amide bonds. The minimum Gasteiger partial charge on any atom is -0.322 e. The first-order valence-corrected chi connectivity index (χ1v) is 10.7. The van der Waals surface area contributed by atoms with E-state index in [0.717, 1.165) is 22.3 Å². The van der Waals surface area contributed by atoms with Crippen molar-refractivity contribution in [2.24, 2.45) is 0 Å². The Kier molecular flexibility index (Phi) is 6.97. The Morgan fingerprint density at radius 3 is 2.50 bits per heavy atom. The average molecular weight is 543 g/mol. The molecule has 2 aromatic heterocycles. The van der Waals surface area contributed by atoms with Gasteiger partial charge in [0.2, 0.25) is 0 Å². The molecule has 3 aromatic rings. The van der Waals surface area contributed by atoms with Crippen molar-refractivity contribution in [3.8, 4) is 0 Å². The van der Waals surface area contributed by atoms with Crippen molar-refractivity contribution >= 4 is 33.6 Å². The number of pyridine rings is 2. The van der Waals surface area contributed by atoms with E-state index in [1.165, 1.54) is 43.6 Å². The first-order chi connectivity index (χ1) is 15.8. The summed E-state index contributed by atoms with van der Waals surface area (Å²) in [5.74, 6) is -0.732. The van der Waals surface area contributed by atoms with Crippen molar-refractivity contribution in [3.05, 3.63) is 85.7 Å². The summed E-state index contributed by atoms with van der Waals surface area (Å²) in [6.07, 6.45) is -5.12. The van der Waals surface area contributed by atoms with Gasteiger partial charge in [0.05, 0.1) is 17.4 Å². The van der Waals surface area contributed by atoms with Gasteiger partial charge in [-0.25, -0.2) is 8.78 Å². The number of hydrogen-bond donors (Lipinski definition) is 2. The van der Waals surface area contributed by atoms with Gasteiger partial charge in [0.1, 0.15) is 5.84 Å². The Labute approximate surface area is 200 Å². The fourth-order valence-corrected chi connectivity index (χ4v) is 3.97. The average Bonchev–Trinajstić information content (AvgIpc) is 2.78. The molecule has 0 fully saturated rings. The van der Waals surface area contributed by atoms with Gasteiger partial charge in [0.25, 0.3) is 5.56 Å². The highest BCUT2D eigenvalue weighted by Crippen LogP contribution is 2.35. The van der Waals surface area contributed by atoms with Crippen LogP contribution in [-0.4, -0.2) is 34.7 Å². The van der Waals surface area contributed by atoms with Crippen LogP contribution < -0.4 is 5.56 Å². The summed E-state index contributed by atoms with van der Waals surface area (Å²) in [6.45, 7) is 0.976. The monoisotopic (exact) mass is 542 g/mol. The zero-order valence-electron chi connectivity index (χ0n) is 18.1. The second kappa shape index (κ2) is 9.28. The van der Waals surface area contributed by atoms with Crippen LogP contribution in [0.5, 0.6) is 0 Å². The van der Waals surface area contributed by atoms with Gasteiger partial charge in [0, 0.05) is 29.7 Å². The van der Waals surface area contributed by atoms with Crippen LogP contribution in [0.1, 0.15) is 29.2 Å². The molecule has 34 heavy (non-hydrogen) atoms. The smallest absolute Gasteiger partial charge is 0.322 e. The lowest BCUT2D eigenvalue weighted by molar-refractivity contribution is -0.136. The number of nitrogens with one attached hydrogen (secondary N) is 2. The van der Waals surface area contributed by atoms with E-state index in [1.54, 1.807) is 6.07 Å². The first kappa shape index (κ1) is 25.5. The lowest BCUT2D eigenvalue weighted by atomic mass is 9.90. The largest absolute Gasteiger partial charge is 0.418 e. The summed E-state index contributed by atoms with van der Waals surface area (Å²) in [5, 5.41) is 14.9. The predicted molar refractivity (Wildman–Crippen MR) is 123 cm³/mol. The van der Waals surface area contributed by atoms with Crippen molar-refractivity contribution in [1.82, 2.24) is 9.30 Å². The van der Waals surface area contributed by atoms with Crippen molar-refractivity contribution in [2.45, 2.75) is 31.4 Å². The maximum absolute atomic E-state index is 15.4. The van der Waals surface area contributed by atoms with Crippen molar-refractivity contribution < 1.29 is 22.0 Å². The van der Waals surface area contributed by atoms with Crippen LogP contribution in [0.25, 0.3) is 5.52 Å². The molecule has 0 radical (unpaired) electrons. The Morgan fingerprint density at radius 1 is 1.21 bits per heavy atom. The third-order valence-electron chi connectivity index (χ3n) is 5.49. The summed E-state index contributed by atoms with van der Waals surface area (Å²) in [6, 6.07) is 9.11. The number of aromatic nitrogens is 1. The van der Waals surface area contributed by atoms with E-state index in [4.69, 9.17) is 10.8 Å². The molecule has 5 nitrogen and oxygen atoms in total. The van der Waals surface area contributed by atoms with E-state index in [-0.39, 0.29) is 27.5 Å². The second-order valence-corrected chi connectivity index (χ2v) is 8.84. The highest BCUT2D eigenvalue weighted by molar-refractivity contribution is 9.10. The van der Waals surface area contributed by atoms with Crippen LogP contribution in [0, 0.1) is 10.8 Å². The summed E-state index contributed by atoms with van der Waals surface area (Å²) in [4.78, 5) is 13.8. The number of benzene rings is 1. The minimum atomic E-state index is -4.66. The van der Waals surface area contributed by atoms with Gasteiger partial charge in [-0.3, -0.25) is 20.0 Å². The molecule has 0 aliphatic carbocycles. The third-order valence-corrected chi connectivity index (χ3v) is 5.92. The van der Waals surface area contributed by atoms with E-state index >= 15 is 4.39 Å². The summed E-state index contributed by atoms with van der Waals surface area (Å²) < 4.78 is 71.3. The van der Waals surface area contributed by atoms with Gasteiger partial charge < -0.3 is 4.90 Å². The number of alkyl halides is 5. The minimum absolute atomic E-state index is 0.0334. The molecule has 0 aliphatic heterocycles. The number of fused-ring (bicyclic) bond motifs is 1. The SMILES string of the molecule is CN(C=N)C(=N)C(F)C(C)(F)c1cccc(Cc2ccc3c(C(F)(F)F)cc(Br)cn3c2=O)c1. The Balaban J connectivity index is 2.00. The van der Waals surface area contributed by atoms with Gasteiger partial charge >= 0.3 is 6.18 Å². The quantitative estimate of drug-likeness (QED) is 0.238. The van der Waals surface area contributed by atoms with E-state index in [1.807, 2.05) is 0 Å². The standard InChI is InChI=1S/C23H20BrF5N4O/c1-22(26,19(25)20(31)32(2)12-30)15-5-3-4-13(9-15)8-14-6-7-18-17(23(27,28)29)10-16(24)11-33(18)21(14)34/h3-7,9-12,19,30-31H,8H2,1-2H3. The molecule has 0 saturated carbocycles. The molecule has 180 valence electrons. The summed E-state index contributed by atoms with van der Waals surface area (Å²) >= 11 is 3.00. The Bertz CT molecular complexity index is 1320. The molecule has 0 spiro atoms. The zero-order valence-corrected chi connectivity index (χ0v) is 19.6. The molecule has 2 N–H and O–H groups in total. The predicted octanol–water partition coefficient (Wildman–Crippen LogP) is 5.71. The molecule has 0 aliphatic rings. The number of hydrogen-bond acceptors (Lipinski definition) is 3. The molecule has 11 heteroatoms. The fraction of sp³-hybridized carbons (Fsp3) is 0.261. The van der Waals surface area contributed by atoms with Gasteiger partial charge in [-0.2, -0.15) is 13.2 Å². The van der Waals surface area contributed by atoms with E-state index in [2.05, 4.69) is 15.9 Å². The van der Waals surface area contributed by atoms with Gasteiger partial charge in [-0.05, 0) is 46.1 Å². The molecule has 2 heterocycles. The molecule has 3 rings (SSSR count). The van der Waals surface area contributed by atoms with Crippen molar-refractivity contribution in [3.63, 3.8) is 0 Å². The molecule has 0 saturated heterocycles. The van der Waals surface area contributed by atoms with E-state index in [0.29, 0.717) is 11.9 Å². The van der Waals surface area contributed by atoms with Crippen LogP contribution in [0.15, 0.2) is 57.9 Å². The highest BCUT2D eigenvalue weighted by atomic mass is 79.9. The van der Waals surface area contributed by atoms with Gasteiger partial charge in [-0.1, -0.05) is 30.3 Å².